The summed E-state index contributed by atoms with van der Waals surface area (Å²) < 4.78 is 0. The standard InChI is InChI=1S/C19H23ClN4/c1-14-16(20)8-5-9-17(14)23-19-22-13-11-18(24-19)21-12-10-15-6-3-2-4-7-15/h5-6,8-9,11,13H,2-4,7,10,12H2,1H3,(H2,21,22,23,24). The lowest BCUT2D eigenvalue weighted by Gasteiger charge is -2.13. The fourth-order valence-electron chi connectivity index (χ4n) is 2.86. The van der Waals surface area contributed by atoms with Crippen molar-refractivity contribution >= 4 is 29.1 Å². The van der Waals surface area contributed by atoms with E-state index in [1.54, 1.807) is 11.8 Å². The Morgan fingerprint density at radius 1 is 1.21 bits per heavy atom. The number of aromatic nitrogens is 2. The van der Waals surface area contributed by atoms with Crippen molar-refractivity contribution in [2.24, 2.45) is 0 Å². The molecule has 0 atom stereocenters. The molecule has 5 heteroatoms. The highest BCUT2D eigenvalue weighted by Crippen LogP contribution is 2.25. The van der Waals surface area contributed by atoms with Crippen LogP contribution in [0.3, 0.4) is 0 Å². The Balaban J connectivity index is 1.59. The van der Waals surface area contributed by atoms with E-state index in [4.69, 9.17) is 11.6 Å². The molecule has 0 fully saturated rings. The predicted octanol–water partition coefficient (Wildman–Crippen LogP) is 5.48. The SMILES string of the molecule is Cc1c(Cl)cccc1Nc1nccc(NCCC2=CCCCC2)n1. The van der Waals surface area contributed by atoms with Crippen LogP contribution in [0.1, 0.15) is 37.7 Å². The molecule has 0 aliphatic heterocycles. The Morgan fingerprint density at radius 3 is 2.96 bits per heavy atom. The summed E-state index contributed by atoms with van der Waals surface area (Å²) >= 11 is 6.16. The van der Waals surface area contributed by atoms with Gasteiger partial charge in [0.25, 0.3) is 0 Å². The Morgan fingerprint density at radius 2 is 2.12 bits per heavy atom. The molecule has 0 saturated carbocycles. The van der Waals surface area contributed by atoms with Gasteiger partial charge in [0.1, 0.15) is 5.82 Å². The van der Waals surface area contributed by atoms with E-state index in [9.17, 15) is 0 Å². The van der Waals surface area contributed by atoms with E-state index >= 15 is 0 Å². The van der Waals surface area contributed by atoms with Crippen LogP contribution >= 0.6 is 11.6 Å². The van der Waals surface area contributed by atoms with E-state index in [-0.39, 0.29) is 0 Å². The summed E-state index contributed by atoms with van der Waals surface area (Å²) in [5.74, 6) is 1.41. The highest BCUT2D eigenvalue weighted by molar-refractivity contribution is 6.31. The van der Waals surface area contributed by atoms with Gasteiger partial charge in [0.2, 0.25) is 5.95 Å². The van der Waals surface area contributed by atoms with Crippen molar-refractivity contribution < 1.29 is 0 Å². The second-order valence-electron chi connectivity index (χ2n) is 6.09. The van der Waals surface area contributed by atoms with Crippen molar-refractivity contribution in [3.8, 4) is 0 Å². The molecule has 24 heavy (non-hydrogen) atoms. The maximum absolute atomic E-state index is 6.16. The van der Waals surface area contributed by atoms with Gasteiger partial charge in [0, 0.05) is 23.5 Å². The Kier molecular flexibility index (Phi) is 5.70. The number of allylic oxidation sites excluding steroid dienone is 1. The summed E-state index contributed by atoms with van der Waals surface area (Å²) in [7, 11) is 0. The van der Waals surface area contributed by atoms with Gasteiger partial charge in [-0.15, -0.1) is 0 Å². The molecule has 0 bridgehead atoms. The van der Waals surface area contributed by atoms with Gasteiger partial charge >= 0.3 is 0 Å². The molecule has 0 spiro atoms. The van der Waals surface area contributed by atoms with Gasteiger partial charge in [0.15, 0.2) is 0 Å². The van der Waals surface area contributed by atoms with Crippen LogP contribution < -0.4 is 10.6 Å². The number of hydrogen-bond acceptors (Lipinski definition) is 4. The van der Waals surface area contributed by atoms with Crippen LogP contribution in [0, 0.1) is 6.92 Å². The molecule has 0 amide bonds. The van der Waals surface area contributed by atoms with E-state index in [2.05, 4.69) is 26.7 Å². The third kappa shape index (κ3) is 4.48. The van der Waals surface area contributed by atoms with Crippen molar-refractivity contribution in [2.45, 2.75) is 39.0 Å². The molecule has 1 heterocycles. The molecule has 2 aromatic rings. The Labute approximate surface area is 148 Å². The zero-order valence-corrected chi connectivity index (χ0v) is 14.7. The summed E-state index contributed by atoms with van der Waals surface area (Å²) in [5.41, 5.74) is 3.48. The lowest BCUT2D eigenvalue weighted by atomic mass is 9.97. The third-order valence-electron chi connectivity index (χ3n) is 4.31. The number of benzene rings is 1. The number of hydrogen-bond donors (Lipinski definition) is 2. The zero-order chi connectivity index (χ0) is 16.8. The van der Waals surface area contributed by atoms with E-state index in [1.165, 1.54) is 25.7 Å². The minimum absolute atomic E-state index is 0.572. The average Bonchev–Trinajstić information content (AvgIpc) is 2.60. The molecule has 3 rings (SSSR count). The van der Waals surface area contributed by atoms with Crippen LogP contribution in [0.2, 0.25) is 5.02 Å². The smallest absolute Gasteiger partial charge is 0.229 e. The fraction of sp³-hybridized carbons (Fsp3) is 0.368. The first-order valence-electron chi connectivity index (χ1n) is 8.49. The predicted molar refractivity (Wildman–Crippen MR) is 101 cm³/mol. The minimum Gasteiger partial charge on any atom is -0.370 e. The van der Waals surface area contributed by atoms with Crippen LogP contribution in [-0.2, 0) is 0 Å². The van der Waals surface area contributed by atoms with Crippen molar-refractivity contribution in [3.05, 3.63) is 52.7 Å². The topological polar surface area (TPSA) is 49.8 Å². The van der Waals surface area contributed by atoms with E-state index < -0.39 is 0 Å². The normalized spacial score (nSPS) is 14.2. The first-order chi connectivity index (χ1) is 11.7. The molecule has 2 N–H and O–H groups in total. The molecule has 4 nitrogen and oxygen atoms in total. The second kappa shape index (κ2) is 8.15. The number of halogens is 1. The number of anilines is 3. The lowest BCUT2D eigenvalue weighted by molar-refractivity contribution is 0.679. The number of nitrogens with zero attached hydrogens (tertiary/aromatic N) is 2. The first-order valence-corrected chi connectivity index (χ1v) is 8.87. The van der Waals surface area contributed by atoms with Crippen LogP contribution in [-0.4, -0.2) is 16.5 Å². The second-order valence-corrected chi connectivity index (χ2v) is 6.50. The van der Waals surface area contributed by atoms with Gasteiger partial charge in [-0.1, -0.05) is 29.3 Å². The lowest BCUT2D eigenvalue weighted by Crippen LogP contribution is -2.07. The highest BCUT2D eigenvalue weighted by atomic mass is 35.5. The molecule has 1 aromatic carbocycles. The highest BCUT2D eigenvalue weighted by Gasteiger charge is 2.06. The van der Waals surface area contributed by atoms with Gasteiger partial charge in [-0.05, 0) is 62.8 Å². The summed E-state index contributed by atoms with van der Waals surface area (Å²) in [5, 5.41) is 7.35. The summed E-state index contributed by atoms with van der Waals surface area (Å²) in [6.45, 7) is 2.88. The van der Waals surface area contributed by atoms with Crippen molar-refractivity contribution in [2.75, 3.05) is 17.2 Å². The van der Waals surface area contributed by atoms with Crippen LogP contribution in [0.4, 0.5) is 17.5 Å². The minimum atomic E-state index is 0.572. The molecular weight excluding hydrogens is 320 g/mol. The molecule has 1 aliphatic carbocycles. The molecule has 1 aliphatic rings. The molecule has 0 saturated heterocycles. The van der Waals surface area contributed by atoms with E-state index in [1.807, 2.05) is 31.2 Å². The monoisotopic (exact) mass is 342 g/mol. The largest absolute Gasteiger partial charge is 0.370 e. The van der Waals surface area contributed by atoms with E-state index in [0.29, 0.717) is 5.95 Å². The van der Waals surface area contributed by atoms with E-state index in [0.717, 1.165) is 35.1 Å². The average molecular weight is 343 g/mol. The molecule has 0 radical (unpaired) electrons. The number of rotatable bonds is 6. The molecule has 0 unspecified atom stereocenters. The summed E-state index contributed by atoms with van der Waals surface area (Å²) in [6, 6.07) is 7.66. The Hall–Kier alpha value is -2.07. The quantitative estimate of drug-likeness (QED) is 0.682. The van der Waals surface area contributed by atoms with Crippen LogP contribution in [0.25, 0.3) is 0 Å². The van der Waals surface area contributed by atoms with Crippen molar-refractivity contribution in [1.29, 1.82) is 0 Å². The van der Waals surface area contributed by atoms with Gasteiger partial charge in [0.05, 0.1) is 0 Å². The molecule has 126 valence electrons. The van der Waals surface area contributed by atoms with Crippen LogP contribution in [0.5, 0.6) is 0 Å². The maximum Gasteiger partial charge on any atom is 0.229 e. The van der Waals surface area contributed by atoms with Gasteiger partial charge < -0.3 is 10.6 Å². The van der Waals surface area contributed by atoms with Crippen molar-refractivity contribution in [3.63, 3.8) is 0 Å². The summed E-state index contributed by atoms with van der Waals surface area (Å²) in [4.78, 5) is 8.81. The van der Waals surface area contributed by atoms with Gasteiger partial charge in [-0.25, -0.2) is 4.98 Å². The third-order valence-corrected chi connectivity index (χ3v) is 4.72. The van der Waals surface area contributed by atoms with Crippen LogP contribution in [0.15, 0.2) is 42.1 Å². The zero-order valence-electron chi connectivity index (χ0n) is 14.0. The molecule has 1 aromatic heterocycles. The molecular formula is C19H23ClN4. The maximum atomic E-state index is 6.16. The fourth-order valence-corrected chi connectivity index (χ4v) is 3.04. The Bertz CT molecular complexity index is 727. The first kappa shape index (κ1) is 16.8. The van der Waals surface area contributed by atoms with Gasteiger partial charge in [-0.2, -0.15) is 4.98 Å². The summed E-state index contributed by atoms with van der Waals surface area (Å²) in [6.07, 6.45) is 10.4. The number of nitrogens with one attached hydrogen (secondary N) is 2. The van der Waals surface area contributed by atoms with Crippen molar-refractivity contribution in [1.82, 2.24) is 9.97 Å². The van der Waals surface area contributed by atoms with Gasteiger partial charge in [-0.3, -0.25) is 0 Å².